The van der Waals surface area contributed by atoms with Crippen molar-refractivity contribution in [2.24, 2.45) is 5.92 Å². The molecule has 1 fully saturated rings. The van der Waals surface area contributed by atoms with Gasteiger partial charge in [-0.05, 0) is 49.3 Å². The normalized spacial score (nSPS) is 26.5. The summed E-state index contributed by atoms with van der Waals surface area (Å²) in [6, 6.07) is 8.53. The number of hydrogen-bond acceptors (Lipinski definition) is 1. The van der Waals surface area contributed by atoms with Gasteiger partial charge >= 0.3 is 0 Å². The molecule has 0 aliphatic heterocycles. The Morgan fingerprint density at radius 3 is 2.60 bits per heavy atom. The molecule has 2 heteroatoms. The van der Waals surface area contributed by atoms with E-state index in [1.165, 1.54) is 18.4 Å². The summed E-state index contributed by atoms with van der Waals surface area (Å²) >= 11 is 3.44. The molecule has 1 aliphatic carbocycles. The monoisotopic (exact) mass is 268 g/mol. The molecule has 1 N–H and O–H groups in total. The van der Waals surface area contributed by atoms with E-state index in [2.05, 4.69) is 40.2 Å². The lowest BCUT2D eigenvalue weighted by Crippen LogP contribution is -2.20. The van der Waals surface area contributed by atoms with Crippen molar-refractivity contribution in [1.29, 1.82) is 0 Å². The molecular weight excluding hydrogens is 252 g/mol. The number of halogens is 1. The molecule has 0 radical (unpaired) electrons. The summed E-state index contributed by atoms with van der Waals surface area (Å²) < 4.78 is 1.13. The second kappa shape index (κ2) is 5.13. The lowest BCUT2D eigenvalue weighted by atomic mass is 9.83. The predicted molar refractivity (Wildman–Crippen MR) is 65.8 cm³/mol. The van der Waals surface area contributed by atoms with Crippen molar-refractivity contribution in [3.05, 3.63) is 34.3 Å². The summed E-state index contributed by atoms with van der Waals surface area (Å²) in [7, 11) is 0. The quantitative estimate of drug-likeness (QED) is 0.870. The maximum absolute atomic E-state index is 9.59. The third-order valence-electron chi connectivity index (χ3n) is 3.19. The van der Waals surface area contributed by atoms with Gasteiger partial charge in [-0.2, -0.15) is 0 Å². The Labute approximate surface area is 99.6 Å². The fourth-order valence-corrected chi connectivity index (χ4v) is 2.67. The van der Waals surface area contributed by atoms with Crippen LogP contribution in [-0.4, -0.2) is 11.2 Å². The van der Waals surface area contributed by atoms with Crippen molar-refractivity contribution >= 4 is 15.9 Å². The van der Waals surface area contributed by atoms with Crippen molar-refractivity contribution in [2.75, 3.05) is 0 Å². The van der Waals surface area contributed by atoms with Crippen LogP contribution < -0.4 is 0 Å². The smallest absolute Gasteiger partial charge is 0.0543 e. The Morgan fingerprint density at radius 2 is 1.93 bits per heavy atom. The highest BCUT2D eigenvalue weighted by atomic mass is 79.9. The molecule has 1 aliphatic rings. The van der Waals surface area contributed by atoms with Crippen molar-refractivity contribution in [3.8, 4) is 0 Å². The van der Waals surface area contributed by atoms with Crippen LogP contribution in [0.3, 0.4) is 0 Å². The highest BCUT2D eigenvalue weighted by Crippen LogP contribution is 2.27. The average molecular weight is 269 g/mol. The number of aliphatic hydroxyl groups excluding tert-OH is 1. The largest absolute Gasteiger partial charge is 0.393 e. The number of hydrogen-bond donors (Lipinski definition) is 1. The zero-order valence-electron chi connectivity index (χ0n) is 8.82. The van der Waals surface area contributed by atoms with Gasteiger partial charge < -0.3 is 5.11 Å². The molecule has 1 aromatic carbocycles. The standard InChI is InChI=1S/C13H17BrO/c14-12-6-4-10(5-7-12)8-11-2-1-3-13(15)9-11/h4-7,11,13,15H,1-3,8-9H2. The van der Waals surface area contributed by atoms with Crippen LogP contribution in [0.5, 0.6) is 0 Å². The van der Waals surface area contributed by atoms with E-state index >= 15 is 0 Å². The van der Waals surface area contributed by atoms with E-state index in [-0.39, 0.29) is 6.10 Å². The van der Waals surface area contributed by atoms with Crippen LogP contribution in [0.25, 0.3) is 0 Å². The van der Waals surface area contributed by atoms with Gasteiger partial charge in [-0.15, -0.1) is 0 Å². The zero-order chi connectivity index (χ0) is 10.7. The van der Waals surface area contributed by atoms with Gasteiger partial charge in [0.15, 0.2) is 0 Å². The van der Waals surface area contributed by atoms with Gasteiger partial charge in [0.05, 0.1) is 6.10 Å². The summed E-state index contributed by atoms with van der Waals surface area (Å²) in [5.41, 5.74) is 1.39. The van der Waals surface area contributed by atoms with Gasteiger partial charge in [-0.1, -0.05) is 34.5 Å². The van der Waals surface area contributed by atoms with E-state index in [1.807, 2.05) is 0 Å². The van der Waals surface area contributed by atoms with Crippen molar-refractivity contribution in [1.82, 2.24) is 0 Å². The first kappa shape index (κ1) is 11.2. The highest BCUT2D eigenvalue weighted by molar-refractivity contribution is 9.10. The Kier molecular flexibility index (Phi) is 3.81. The average Bonchev–Trinajstić information content (AvgIpc) is 2.22. The first-order valence-corrected chi connectivity index (χ1v) is 6.46. The molecule has 0 aromatic heterocycles. The summed E-state index contributed by atoms with van der Waals surface area (Å²) in [5.74, 6) is 0.676. The van der Waals surface area contributed by atoms with Crippen LogP contribution in [-0.2, 0) is 6.42 Å². The molecule has 0 spiro atoms. The molecule has 82 valence electrons. The van der Waals surface area contributed by atoms with Crippen LogP contribution in [0.15, 0.2) is 28.7 Å². The lowest BCUT2D eigenvalue weighted by molar-refractivity contribution is 0.101. The Morgan fingerprint density at radius 1 is 1.20 bits per heavy atom. The minimum absolute atomic E-state index is 0.0563. The van der Waals surface area contributed by atoms with Crippen molar-refractivity contribution in [3.63, 3.8) is 0 Å². The molecule has 0 heterocycles. The topological polar surface area (TPSA) is 20.2 Å². The van der Waals surface area contributed by atoms with E-state index in [0.717, 1.165) is 23.7 Å². The molecule has 0 bridgehead atoms. The summed E-state index contributed by atoms with van der Waals surface area (Å²) in [4.78, 5) is 0. The minimum atomic E-state index is -0.0563. The van der Waals surface area contributed by atoms with Crippen LogP contribution in [0.1, 0.15) is 31.2 Å². The molecule has 0 amide bonds. The Bertz CT molecular complexity index is 307. The van der Waals surface area contributed by atoms with Gasteiger partial charge in [0, 0.05) is 4.47 Å². The first-order valence-electron chi connectivity index (χ1n) is 5.66. The maximum atomic E-state index is 9.59. The number of benzene rings is 1. The van der Waals surface area contributed by atoms with E-state index < -0.39 is 0 Å². The van der Waals surface area contributed by atoms with Gasteiger partial charge in [0.2, 0.25) is 0 Å². The summed E-state index contributed by atoms with van der Waals surface area (Å²) in [5, 5.41) is 9.59. The zero-order valence-corrected chi connectivity index (χ0v) is 10.4. The fraction of sp³-hybridized carbons (Fsp3) is 0.538. The molecule has 2 unspecified atom stereocenters. The molecule has 15 heavy (non-hydrogen) atoms. The maximum Gasteiger partial charge on any atom is 0.0543 e. The Hall–Kier alpha value is -0.340. The first-order chi connectivity index (χ1) is 7.24. The van der Waals surface area contributed by atoms with Gasteiger partial charge in [-0.25, -0.2) is 0 Å². The predicted octanol–water partition coefficient (Wildman–Crippen LogP) is 3.54. The molecule has 2 rings (SSSR count). The third-order valence-corrected chi connectivity index (χ3v) is 3.72. The van der Waals surface area contributed by atoms with E-state index in [1.54, 1.807) is 0 Å². The second-order valence-electron chi connectivity index (χ2n) is 4.52. The number of aliphatic hydroxyl groups is 1. The van der Waals surface area contributed by atoms with Gasteiger partial charge in [-0.3, -0.25) is 0 Å². The SMILES string of the molecule is OC1CCCC(Cc2ccc(Br)cc2)C1. The van der Waals surface area contributed by atoms with Gasteiger partial charge in [0.25, 0.3) is 0 Å². The van der Waals surface area contributed by atoms with Crippen LogP contribution in [0.4, 0.5) is 0 Å². The molecule has 1 saturated carbocycles. The molecule has 2 atom stereocenters. The van der Waals surface area contributed by atoms with E-state index in [4.69, 9.17) is 0 Å². The minimum Gasteiger partial charge on any atom is -0.393 e. The number of rotatable bonds is 2. The summed E-state index contributed by atoms with van der Waals surface area (Å²) in [6.07, 6.45) is 5.49. The second-order valence-corrected chi connectivity index (χ2v) is 5.43. The molecule has 1 aromatic rings. The molecular formula is C13H17BrO. The van der Waals surface area contributed by atoms with Crippen LogP contribution in [0, 0.1) is 5.92 Å². The van der Waals surface area contributed by atoms with Crippen LogP contribution >= 0.6 is 15.9 Å². The molecule has 0 saturated heterocycles. The van der Waals surface area contributed by atoms with Crippen molar-refractivity contribution < 1.29 is 5.11 Å². The summed E-state index contributed by atoms with van der Waals surface area (Å²) in [6.45, 7) is 0. The van der Waals surface area contributed by atoms with E-state index in [0.29, 0.717) is 5.92 Å². The van der Waals surface area contributed by atoms with Crippen LogP contribution in [0.2, 0.25) is 0 Å². The van der Waals surface area contributed by atoms with E-state index in [9.17, 15) is 5.11 Å². The highest BCUT2D eigenvalue weighted by Gasteiger charge is 2.19. The lowest BCUT2D eigenvalue weighted by Gasteiger charge is -2.25. The van der Waals surface area contributed by atoms with Gasteiger partial charge in [0.1, 0.15) is 0 Å². The third kappa shape index (κ3) is 3.32. The fourth-order valence-electron chi connectivity index (χ4n) is 2.40. The Balaban J connectivity index is 1.93. The van der Waals surface area contributed by atoms with Crippen molar-refractivity contribution in [2.45, 2.75) is 38.2 Å². The molecule has 1 nitrogen and oxygen atoms in total.